The molecule has 0 rings (SSSR count). The Balaban J connectivity index is 3.52. The molecule has 0 unspecified atom stereocenters. The summed E-state index contributed by atoms with van der Waals surface area (Å²) < 4.78 is 34.5. The molecule has 1 nitrogen and oxygen atoms in total. The van der Waals surface area contributed by atoms with Gasteiger partial charge in [-0.15, -0.1) is 0 Å². The second-order valence-corrected chi connectivity index (χ2v) is 3.04. The van der Waals surface area contributed by atoms with Gasteiger partial charge in [0.2, 0.25) is 0 Å². The van der Waals surface area contributed by atoms with Crippen molar-refractivity contribution in [1.29, 1.82) is 0 Å². The molecule has 0 aromatic carbocycles. The van der Waals surface area contributed by atoms with E-state index in [1.807, 2.05) is 0 Å². The Morgan fingerprint density at radius 2 is 2.00 bits per heavy atom. The smallest absolute Gasteiger partial charge is 0.383 e. The number of aliphatic hydroxyl groups excluding tert-OH is 1. The Labute approximate surface area is 61.6 Å². The maximum absolute atomic E-state index is 11.5. The molecular formula is C5H9F3OS. The molecule has 0 aliphatic rings. The van der Waals surface area contributed by atoms with Crippen LogP contribution >= 0.6 is 11.8 Å². The molecule has 0 radical (unpaired) electrons. The summed E-state index contributed by atoms with van der Waals surface area (Å²) in [6.45, 7) is 1.74. The van der Waals surface area contributed by atoms with Gasteiger partial charge in [0.15, 0.2) is 6.10 Å². The van der Waals surface area contributed by atoms with Gasteiger partial charge in [0, 0.05) is 5.75 Å². The molecule has 10 heavy (non-hydrogen) atoms. The molecule has 0 saturated heterocycles. The largest absolute Gasteiger partial charge is 0.415 e. The van der Waals surface area contributed by atoms with Gasteiger partial charge in [-0.25, -0.2) is 0 Å². The van der Waals surface area contributed by atoms with Gasteiger partial charge in [-0.1, -0.05) is 6.92 Å². The van der Waals surface area contributed by atoms with E-state index in [0.29, 0.717) is 5.75 Å². The summed E-state index contributed by atoms with van der Waals surface area (Å²) in [4.78, 5) is 0. The second-order valence-electron chi connectivity index (χ2n) is 1.72. The van der Waals surface area contributed by atoms with E-state index < -0.39 is 12.3 Å². The minimum Gasteiger partial charge on any atom is -0.383 e. The molecule has 0 amide bonds. The van der Waals surface area contributed by atoms with Crippen molar-refractivity contribution < 1.29 is 18.3 Å². The second kappa shape index (κ2) is 4.08. The minimum absolute atomic E-state index is 0.264. The number of rotatable bonds is 3. The third kappa shape index (κ3) is 4.00. The highest BCUT2D eigenvalue weighted by Crippen LogP contribution is 2.22. The van der Waals surface area contributed by atoms with Gasteiger partial charge in [0.05, 0.1) is 0 Å². The monoisotopic (exact) mass is 174 g/mol. The highest BCUT2D eigenvalue weighted by atomic mass is 32.2. The van der Waals surface area contributed by atoms with E-state index in [4.69, 9.17) is 5.11 Å². The van der Waals surface area contributed by atoms with Crippen LogP contribution in [-0.2, 0) is 0 Å². The summed E-state index contributed by atoms with van der Waals surface area (Å²) in [7, 11) is 0. The Hall–Kier alpha value is 0.100. The Morgan fingerprint density at radius 1 is 1.50 bits per heavy atom. The predicted octanol–water partition coefficient (Wildman–Crippen LogP) is 1.66. The van der Waals surface area contributed by atoms with Crippen molar-refractivity contribution in [1.82, 2.24) is 0 Å². The van der Waals surface area contributed by atoms with Crippen LogP contribution in [0.25, 0.3) is 0 Å². The highest BCUT2D eigenvalue weighted by molar-refractivity contribution is 7.99. The average molecular weight is 174 g/mol. The Morgan fingerprint density at radius 3 is 2.30 bits per heavy atom. The van der Waals surface area contributed by atoms with Gasteiger partial charge in [0.1, 0.15) is 0 Å². The third-order valence-corrected chi connectivity index (χ3v) is 1.82. The molecule has 0 aromatic rings. The Bertz CT molecular complexity index is 93.4. The van der Waals surface area contributed by atoms with E-state index in [9.17, 15) is 13.2 Å². The number of thioether (sulfide) groups is 1. The molecule has 0 bridgehead atoms. The fourth-order valence-corrected chi connectivity index (χ4v) is 0.972. The first-order valence-electron chi connectivity index (χ1n) is 2.81. The van der Waals surface area contributed by atoms with Crippen molar-refractivity contribution in [2.24, 2.45) is 0 Å². The van der Waals surface area contributed by atoms with Gasteiger partial charge >= 0.3 is 6.18 Å². The van der Waals surface area contributed by atoms with Gasteiger partial charge in [-0.3, -0.25) is 0 Å². The lowest BCUT2D eigenvalue weighted by atomic mass is 10.4. The molecule has 1 atom stereocenters. The van der Waals surface area contributed by atoms with Crippen LogP contribution in [-0.4, -0.2) is 28.9 Å². The summed E-state index contributed by atoms with van der Waals surface area (Å²) in [5, 5.41) is 8.37. The quantitative estimate of drug-likeness (QED) is 0.702. The Kier molecular flexibility index (Phi) is 4.12. The molecule has 0 saturated carbocycles. The first-order valence-corrected chi connectivity index (χ1v) is 3.96. The van der Waals surface area contributed by atoms with Gasteiger partial charge < -0.3 is 5.11 Å². The van der Waals surface area contributed by atoms with Crippen LogP contribution in [0, 0.1) is 0 Å². The van der Waals surface area contributed by atoms with Crippen molar-refractivity contribution in [2.45, 2.75) is 19.2 Å². The molecule has 1 N–H and O–H groups in total. The minimum atomic E-state index is -4.46. The highest BCUT2D eigenvalue weighted by Gasteiger charge is 2.37. The first kappa shape index (κ1) is 10.1. The summed E-state index contributed by atoms with van der Waals surface area (Å²) in [5.74, 6) is 0.327. The van der Waals surface area contributed by atoms with Gasteiger partial charge in [-0.05, 0) is 5.75 Å². The SMILES string of the molecule is CCSC[C@H](O)C(F)(F)F. The number of hydrogen-bond acceptors (Lipinski definition) is 2. The first-order chi connectivity index (χ1) is 4.48. The zero-order valence-electron chi connectivity index (χ0n) is 5.48. The lowest BCUT2D eigenvalue weighted by Crippen LogP contribution is -2.30. The number of hydrogen-bond donors (Lipinski definition) is 1. The number of aliphatic hydroxyl groups is 1. The van der Waals surface area contributed by atoms with E-state index in [1.165, 1.54) is 0 Å². The van der Waals surface area contributed by atoms with Crippen molar-refractivity contribution in [2.75, 3.05) is 11.5 Å². The molecule has 0 aliphatic carbocycles. The molecule has 0 fully saturated rings. The fraction of sp³-hybridized carbons (Fsp3) is 1.00. The van der Waals surface area contributed by atoms with Crippen LogP contribution in [0.5, 0.6) is 0 Å². The van der Waals surface area contributed by atoms with Gasteiger partial charge in [0.25, 0.3) is 0 Å². The third-order valence-electron chi connectivity index (χ3n) is 0.858. The zero-order chi connectivity index (χ0) is 8.20. The summed E-state index contributed by atoms with van der Waals surface area (Å²) >= 11 is 1.07. The molecule has 0 heterocycles. The van der Waals surface area contributed by atoms with Crippen LogP contribution in [0.1, 0.15) is 6.92 Å². The van der Waals surface area contributed by atoms with Crippen molar-refractivity contribution in [3.8, 4) is 0 Å². The fourth-order valence-electron chi connectivity index (χ4n) is 0.324. The van der Waals surface area contributed by atoms with Crippen LogP contribution in [0.2, 0.25) is 0 Å². The van der Waals surface area contributed by atoms with E-state index in [-0.39, 0.29) is 5.75 Å². The standard InChI is InChI=1S/C5H9F3OS/c1-2-10-3-4(9)5(6,7)8/h4,9H,2-3H2,1H3/t4-/m0/s1. The molecule has 0 aromatic heterocycles. The van der Waals surface area contributed by atoms with Crippen LogP contribution in [0.3, 0.4) is 0 Å². The normalized spacial score (nSPS) is 15.3. The topological polar surface area (TPSA) is 20.2 Å². The summed E-state index contributed by atoms with van der Waals surface area (Å²) in [6, 6.07) is 0. The van der Waals surface area contributed by atoms with Gasteiger partial charge in [-0.2, -0.15) is 24.9 Å². The predicted molar refractivity (Wildman–Crippen MR) is 35.1 cm³/mol. The molecule has 0 aliphatic heterocycles. The van der Waals surface area contributed by atoms with Crippen molar-refractivity contribution >= 4 is 11.8 Å². The zero-order valence-corrected chi connectivity index (χ0v) is 6.30. The van der Waals surface area contributed by atoms with Crippen LogP contribution in [0.4, 0.5) is 13.2 Å². The van der Waals surface area contributed by atoms with E-state index in [1.54, 1.807) is 6.92 Å². The lowest BCUT2D eigenvalue weighted by Gasteiger charge is -2.12. The number of halogens is 3. The summed E-state index contributed by atoms with van der Waals surface area (Å²) in [5.41, 5.74) is 0. The van der Waals surface area contributed by atoms with E-state index in [2.05, 4.69) is 0 Å². The summed E-state index contributed by atoms with van der Waals surface area (Å²) in [6.07, 6.45) is -6.63. The van der Waals surface area contributed by atoms with E-state index in [0.717, 1.165) is 11.8 Å². The molecular weight excluding hydrogens is 165 g/mol. The van der Waals surface area contributed by atoms with Crippen LogP contribution in [0.15, 0.2) is 0 Å². The number of alkyl halides is 3. The average Bonchev–Trinajstić information content (AvgIpc) is 1.80. The maximum atomic E-state index is 11.5. The molecule has 0 spiro atoms. The lowest BCUT2D eigenvalue weighted by molar-refractivity contribution is -0.195. The molecule has 62 valence electrons. The molecule has 5 heteroatoms. The van der Waals surface area contributed by atoms with Crippen molar-refractivity contribution in [3.05, 3.63) is 0 Å². The maximum Gasteiger partial charge on any atom is 0.415 e. The van der Waals surface area contributed by atoms with E-state index >= 15 is 0 Å². The van der Waals surface area contributed by atoms with Crippen molar-refractivity contribution in [3.63, 3.8) is 0 Å². The van der Waals surface area contributed by atoms with Crippen LogP contribution < -0.4 is 0 Å².